The maximum Gasteiger partial charge on any atom is 0.166 e. The molecule has 0 amide bonds. The summed E-state index contributed by atoms with van der Waals surface area (Å²) in [5, 5.41) is 4.54. The Balaban J connectivity index is 1.13. The van der Waals surface area contributed by atoms with Crippen LogP contribution in [-0.4, -0.2) is 19.5 Å². The van der Waals surface area contributed by atoms with E-state index in [-0.39, 0.29) is 57.8 Å². The second kappa shape index (κ2) is 14.0. The Bertz CT molecular complexity index is 4030. The van der Waals surface area contributed by atoms with Gasteiger partial charge in [-0.1, -0.05) is 170 Å². The van der Waals surface area contributed by atoms with Gasteiger partial charge in [0, 0.05) is 47.6 Å². The zero-order valence-electron chi connectivity index (χ0n) is 38.8. The maximum absolute atomic E-state index is 9.22. The molecule has 0 unspecified atom stereocenters. The van der Waals surface area contributed by atoms with E-state index in [2.05, 4.69) is 84.9 Å². The van der Waals surface area contributed by atoms with Crippen molar-refractivity contribution in [2.75, 3.05) is 0 Å². The van der Waals surface area contributed by atoms with Crippen LogP contribution in [0.15, 0.2) is 206 Å². The van der Waals surface area contributed by atoms with Crippen LogP contribution < -0.4 is 0 Å². The number of aromatic nitrogens is 4. The van der Waals surface area contributed by atoms with Crippen LogP contribution in [0.2, 0.25) is 0 Å². The number of rotatable bonds is 6. The van der Waals surface area contributed by atoms with Crippen LogP contribution in [0, 0.1) is 0 Å². The highest BCUT2D eigenvalue weighted by atomic mass is 32.1. The molecule has 0 saturated carbocycles. The van der Waals surface area contributed by atoms with E-state index in [0.29, 0.717) is 22.9 Å². The molecule has 0 spiro atoms. The topological polar surface area (TPSA) is 43.6 Å². The van der Waals surface area contributed by atoms with Gasteiger partial charge in [-0.05, 0) is 69.4 Å². The first-order valence-electron chi connectivity index (χ1n) is 23.1. The minimum absolute atomic E-state index is 0.0656. The van der Waals surface area contributed by atoms with Crippen LogP contribution in [0.4, 0.5) is 0 Å². The van der Waals surface area contributed by atoms with Crippen LogP contribution in [0.1, 0.15) is 9.60 Å². The summed E-state index contributed by atoms with van der Waals surface area (Å²) < 4.78 is 66.3. The molecular weight excluding hydrogens is 749 g/mol. The molecule has 0 aliphatic rings. The predicted octanol–water partition coefficient (Wildman–Crippen LogP) is 14.8. The first-order chi connectivity index (χ1) is 32.7. The van der Waals surface area contributed by atoms with Gasteiger partial charge in [-0.2, -0.15) is 0 Å². The van der Waals surface area contributed by atoms with Gasteiger partial charge in [0.2, 0.25) is 0 Å². The quantitative estimate of drug-likeness (QED) is 0.168. The van der Waals surface area contributed by atoms with E-state index in [1.54, 1.807) is 22.0 Å². The fourth-order valence-corrected chi connectivity index (χ4v) is 9.73. The van der Waals surface area contributed by atoms with E-state index in [0.717, 1.165) is 44.2 Å². The van der Waals surface area contributed by atoms with Crippen molar-refractivity contribution >= 4 is 64.1 Å². The lowest BCUT2D eigenvalue weighted by molar-refractivity contribution is 1.07. The third-order valence-corrected chi connectivity index (χ3v) is 12.4. The Hall–Kier alpha value is -7.73. The highest BCUT2D eigenvalue weighted by molar-refractivity contribution is 7.26. The Kier molecular flexibility index (Phi) is 6.48. The molecule has 0 aliphatic carbocycles. The lowest BCUT2D eigenvalue weighted by Crippen LogP contribution is -2.04. The number of hydrogen-bond acceptors (Lipinski definition) is 4. The molecule has 0 aliphatic heterocycles. The van der Waals surface area contributed by atoms with Crippen LogP contribution in [0.5, 0.6) is 0 Å². The van der Waals surface area contributed by atoms with E-state index >= 15 is 0 Å². The summed E-state index contributed by atoms with van der Waals surface area (Å²) >= 11 is 1.77. The summed E-state index contributed by atoms with van der Waals surface area (Å²) in [6.07, 6.45) is 0. The van der Waals surface area contributed by atoms with Gasteiger partial charge in [0.25, 0.3) is 0 Å². The molecule has 0 fully saturated rings. The smallest absolute Gasteiger partial charge is 0.166 e. The van der Waals surface area contributed by atoms with Crippen molar-refractivity contribution < 1.29 is 9.60 Å². The van der Waals surface area contributed by atoms with Crippen LogP contribution >= 0.6 is 11.3 Å². The van der Waals surface area contributed by atoms with Crippen molar-refractivity contribution in [1.82, 2.24) is 19.5 Å². The number of para-hydroxylation sites is 3. The molecule has 0 atom stereocenters. The summed E-state index contributed by atoms with van der Waals surface area (Å²) in [6.45, 7) is 0. The van der Waals surface area contributed by atoms with E-state index < -0.39 is 12.1 Å². The molecule has 3 aromatic heterocycles. The average Bonchev–Trinajstić information content (AvgIpc) is 3.94. The molecule has 9 aromatic carbocycles. The van der Waals surface area contributed by atoms with Gasteiger partial charge < -0.3 is 4.57 Å². The van der Waals surface area contributed by atoms with Crippen molar-refractivity contribution in [1.29, 1.82) is 0 Å². The molecule has 0 N–H and O–H groups in total. The number of nitrogens with zero attached hydrogens (tertiary/aromatic N) is 4. The Labute approximate surface area is 360 Å². The van der Waals surface area contributed by atoms with Crippen molar-refractivity contribution in [3.8, 4) is 62.1 Å². The van der Waals surface area contributed by atoms with Crippen LogP contribution in [0.3, 0.4) is 0 Å². The standard InChI is InChI=1S/C55H34N4S/c1-2-16-35(17-3-1)38-24-13-27-41-40(38)26-15-29-46(41)54-56-53(37-19-12-18-36(34-37)39-25-14-28-45-44-22-7-11-33-51(44)60-52(39)45)57-55(58-54)47-23-6-10-32-50(47)59-48-30-8-4-20-42(48)43-21-5-9-31-49(43)59/h1-34H/i4D,5D,8D,20D,21D,30D,31D. The molecule has 280 valence electrons. The third kappa shape index (κ3) is 5.55. The van der Waals surface area contributed by atoms with Gasteiger partial charge in [-0.3, -0.25) is 0 Å². The molecular formula is C55H34N4S. The molecule has 0 radical (unpaired) electrons. The number of fused-ring (bicyclic) bond motifs is 7. The summed E-state index contributed by atoms with van der Waals surface area (Å²) in [4.78, 5) is 15.7. The van der Waals surface area contributed by atoms with Gasteiger partial charge in [0.15, 0.2) is 17.5 Å². The van der Waals surface area contributed by atoms with Gasteiger partial charge in [0.05, 0.1) is 26.3 Å². The molecule has 0 bridgehead atoms. The predicted molar refractivity (Wildman–Crippen MR) is 252 cm³/mol. The normalized spacial score (nSPS) is 13.3. The Morgan fingerprint density at radius 2 is 0.967 bits per heavy atom. The minimum atomic E-state index is -0.464. The molecule has 12 aromatic rings. The van der Waals surface area contributed by atoms with E-state index in [1.165, 1.54) is 26.2 Å². The highest BCUT2D eigenvalue weighted by Gasteiger charge is 2.21. The molecule has 60 heavy (non-hydrogen) atoms. The summed E-state index contributed by atoms with van der Waals surface area (Å²) in [7, 11) is 0. The zero-order chi connectivity index (χ0) is 45.7. The fourth-order valence-electron chi connectivity index (χ4n) is 8.49. The zero-order valence-corrected chi connectivity index (χ0v) is 32.6. The Morgan fingerprint density at radius 3 is 1.85 bits per heavy atom. The lowest BCUT2D eigenvalue weighted by Gasteiger charge is -2.15. The molecule has 0 saturated heterocycles. The molecule has 5 heteroatoms. The lowest BCUT2D eigenvalue weighted by atomic mass is 9.95. The van der Waals surface area contributed by atoms with Crippen molar-refractivity contribution in [3.63, 3.8) is 0 Å². The van der Waals surface area contributed by atoms with Gasteiger partial charge in [-0.25, -0.2) is 15.0 Å². The van der Waals surface area contributed by atoms with Crippen LogP contribution in [-0.2, 0) is 0 Å². The number of benzene rings is 9. The van der Waals surface area contributed by atoms with Gasteiger partial charge in [0.1, 0.15) is 0 Å². The molecule has 4 nitrogen and oxygen atoms in total. The van der Waals surface area contributed by atoms with Crippen molar-refractivity contribution in [2.45, 2.75) is 0 Å². The summed E-state index contributed by atoms with van der Waals surface area (Å²) in [5.41, 5.74) is 6.95. The number of thiophene rings is 1. The van der Waals surface area contributed by atoms with Gasteiger partial charge >= 0.3 is 0 Å². The highest BCUT2D eigenvalue weighted by Crippen LogP contribution is 2.42. The van der Waals surface area contributed by atoms with E-state index in [4.69, 9.17) is 21.8 Å². The monoisotopic (exact) mass is 789 g/mol. The Morgan fingerprint density at radius 1 is 0.383 bits per heavy atom. The van der Waals surface area contributed by atoms with Crippen molar-refractivity contribution in [2.24, 2.45) is 0 Å². The first-order valence-corrected chi connectivity index (χ1v) is 20.4. The summed E-state index contributed by atoms with van der Waals surface area (Å²) in [6, 6.07) is 52.0. The van der Waals surface area contributed by atoms with Crippen molar-refractivity contribution in [3.05, 3.63) is 206 Å². The molecule has 12 rings (SSSR count). The molecule has 3 heterocycles. The third-order valence-electron chi connectivity index (χ3n) is 11.2. The second-order valence-electron chi connectivity index (χ2n) is 14.6. The second-order valence-corrected chi connectivity index (χ2v) is 15.6. The minimum Gasteiger partial charge on any atom is -0.309 e. The maximum atomic E-state index is 9.22. The largest absolute Gasteiger partial charge is 0.309 e. The average molecular weight is 790 g/mol. The van der Waals surface area contributed by atoms with E-state index in [9.17, 15) is 2.74 Å². The SMILES string of the molecule is [2H]c1cc([2H])c2c(c1[2H])c1c([2H])c([2H])c([2H])c([2H])c1n2-c1ccccc1-c1nc(-c2cccc(-c3cccc4c3sc3ccccc34)c2)nc(-c2cccc3c(-c4ccccc4)cccc23)n1. The first kappa shape index (κ1) is 27.8. The number of hydrogen-bond donors (Lipinski definition) is 0. The van der Waals surface area contributed by atoms with E-state index in [1.807, 2.05) is 66.7 Å². The fraction of sp³-hybridized carbons (Fsp3) is 0. The summed E-state index contributed by atoms with van der Waals surface area (Å²) in [5.74, 6) is 1.11. The van der Waals surface area contributed by atoms with Crippen LogP contribution in [0.25, 0.3) is 115 Å². The van der Waals surface area contributed by atoms with Gasteiger partial charge in [-0.15, -0.1) is 11.3 Å².